The quantitative estimate of drug-likeness (QED) is 0.0488. The predicted molar refractivity (Wildman–Crippen MR) is 288 cm³/mol. The van der Waals surface area contributed by atoms with Gasteiger partial charge in [0.2, 0.25) is 23.4 Å². The number of carboxylic acid groups (broad SMARTS) is 1. The zero-order chi connectivity index (χ0) is 49.8. The molecular formula is C53H68I2N5O8S+. The molecule has 0 radical (unpaired) electrons. The number of halogens is 2. The summed E-state index contributed by atoms with van der Waals surface area (Å²) in [6.07, 6.45) is 22.3. The van der Waals surface area contributed by atoms with Gasteiger partial charge in [0.1, 0.15) is 24.7 Å². The van der Waals surface area contributed by atoms with Crippen LogP contribution in [0.4, 0.5) is 11.4 Å². The molecule has 16 heteroatoms. The first-order valence-corrected chi connectivity index (χ1v) is 28.3. The second-order valence-electron chi connectivity index (χ2n) is 20.1. The zero-order valence-corrected chi connectivity index (χ0v) is 45.8. The number of carboxylic acids is 1. The van der Waals surface area contributed by atoms with Crippen molar-refractivity contribution in [2.45, 2.75) is 140 Å². The smallest absolute Gasteiger partial charge is 0.326 e. The number of rotatable bonds is 18. The fourth-order valence-electron chi connectivity index (χ4n) is 11.5. The van der Waals surface area contributed by atoms with Crippen molar-refractivity contribution in [2.24, 2.45) is 0 Å². The lowest BCUT2D eigenvalue weighted by Crippen LogP contribution is -2.54. The van der Waals surface area contributed by atoms with E-state index in [0.29, 0.717) is 96.8 Å². The Morgan fingerprint density at radius 1 is 0.797 bits per heavy atom. The summed E-state index contributed by atoms with van der Waals surface area (Å²) in [4.78, 5) is 60.2. The van der Waals surface area contributed by atoms with E-state index in [1.807, 2.05) is 18.2 Å². The summed E-state index contributed by atoms with van der Waals surface area (Å²) < 4.78 is 37.6. The van der Waals surface area contributed by atoms with Crippen molar-refractivity contribution in [3.63, 3.8) is 0 Å². The topological polar surface area (TPSA) is 159 Å². The largest absolute Gasteiger partial charge is 0.480 e. The molecule has 0 saturated carbocycles. The Kier molecular flexibility index (Phi) is 17.1. The number of carbonyl (C=O) groups excluding carboxylic acids is 3. The van der Waals surface area contributed by atoms with Crippen LogP contribution in [0, 0.1) is 14.1 Å². The summed E-state index contributed by atoms with van der Waals surface area (Å²) in [5.41, 5.74) is 7.78. The maximum Gasteiger partial charge on any atom is 0.326 e. The first kappa shape index (κ1) is 52.9. The Morgan fingerprint density at radius 2 is 1.42 bits per heavy atom. The summed E-state index contributed by atoms with van der Waals surface area (Å²) in [5, 5.41) is 9.69. The Morgan fingerprint density at radius 3 is 2.10 bits per heavy atom. The maximum atomic E-state index is 14.0. The third kappa shape index (κ3) is 11.6. The fraction of sp³-hybridized carbons (Fsp3) is 0.528. The van der Waals surface area contributed by atoms with Gasteiger partial charge in [-0.2, -0.15) is 13.0 Å². The summed E-state index contributed by atoms with van der Waals surface area (Å²) in [6.45, 7) is 10.9. The number of fused-ring (bicyclic) bond motifs is 2. The lowest BCUT2D eigenvalue weighted by atomic mass is 9.75. The number of unbranched alkanes of at least 4 members (excludes halogenated alkanes) is 3. The minimum atomic E-state index is -4.07. The summed E-state index contributed by atoms with van der Waals surface area (Å²) >= 11 is 4.83. The van der Waals surface area contributed by atoms with Crippen LogP contribution in [0.5, 0.6) is 0 Å². The van der Waals surface area contributed by atoms with Crippen LogP contribution in [0.15, 0.2) is 78.6 Å². The molecule has 4 atom stereocenters. The summed E-state index contributed by atoms with van der Waals surface area (Å²) in [7, 11) is -1.94. The molecule has 3 fully saturated rings. The average Bonchev–Trinajstić information content (AvgIpc) is 4.13. The molecule has 0 bridgehead atoms. The fourth-order valence-corrected chi connectivity index (χ4v) is 14.6. The van der Waals surface area contributed by atoms with Crippen LogP contribution in [0.2, 0.25) is 0 Å². The third-order valence-electron chi connectivity index (χ3n) is 15.0. The van der Waals surface area contributed by atoms with Gasteiger partial charge in [-0.05, 0) is 148 Å². The highest BCUT2D eigenvalue weighted by Gasteiger charge is 2.48. The van der Waals surface area contributed by atoms with Crippen molar-refractivity contribution in [3.05, 3.63) is 102 Å². The van der Waals surface area contributed by atoms with Crippen LogP contribution in [0.3, 0.4) is 0 Å². The molecule has 2 aromatic rings. The summed E-state index contributed by atoms with van der Waals surface area (Å²) in [5.74, 6) is -1.85. The Balaban J connectivity index is 1.02. The van der Waals surface area contributed by atoms with Crippen LogP contribution in [-0.4, -0.2) is 124 Å². The molecule has 5 aliphatic heterocycles. The number of benzene rings is 2. The van der Waals surface area contributed by atoms with E-state index in [-0.39, 0.29) is 28.9 Å². The molecular weight excluding hydrogens is 1120 g/mol. The van der Waals surface area contributed by atoms with E-state index < -0.39 is 39.6 Å². The molecule has 5 heterocycles. The predicted octanol–water partition coefficient (Wildman–Crippen LogP) is 9.22. The van der Waals surface area contributed by atoms with Crippen molar-refractivity contribution >= 4 is 96.1 Å². The summed E-state index contributed by atoms with van der Waals surface area (Å²) in [6, 6.07) is 8.82. The molecule has 69 heavy (non-hydrogen) atoms. The number of anilines is 1. The molecule has 2 N–H and O–H groups in total. The van der Waals surface area contributed by atoms with E-state index in [9.17, 15) is 37.3 Å². The lowest BCUT2D eigenvalue weighted by molar-refractivity contribution is -0.438. The molecule has 2 aromatic carbocycles. The van der Waals surface area contributed by atoms with Crippen LogP contribution in [-0.2, 0) is 40.1 Å². The van der Waals surface area contributed by atoms with Crippen molar-refractivity contribution in [2.75, 3.05) is 43.9 Å². The molecule has 4 unspecified atom stereocenters. The second kappa shape index (κ2) is 22.3. The van der Waals surface area contributed by atoms with Gasteiger partial charge in [-0.15, -0.1) is 0 Å². The standard InChI is InChI=1S/C53H67I2N5O8S/c1-36-25-26-40-38(33-36)53(4,27-13-15-32-69(66,67)68)46(23-11-8-6-7-10-22-45-52(2,3)48-39(55)34-37(54)35-44(48)56(45)5)57(40)28-14-9-12-24-47(61)58-29-16-19-41(58)49(62)59-30-17-20-42(59)50(63)60-31-18-21-43(60)51(64)65/h6-8,10-11,22-23,25-26,33-35,41-43H,9,12-21,24,27-32H2,1-5H3,(H-,64,65,66,67,68)/p+1. The number of likely N-dealkylation sites (N-methyl/N-ethyl adjacent to an activating group) is 1. The van der Waals surface area contributed by atoms with Crippen molar-refractivity contribution in [1.82, 2.24) is 14.7 Å². The highest BCUT2D eigenvalue weighted by Crippen LogP contribution is 2.49. The van der Waals surface area contributed by atoms with E-state index in [1.54, 1.807) is 9.80 Å². The number of carbonyl (C=O) groups is 4. The number of aliphatic carboxylic acids is 1. The van der Waals surface area contributed by atoms with Gasteiger partial charge in [0.05, 0.1) is 11.2 Å². The molecule has 0 spiro atoms. The zero-order valence-electron chi connectivity index (χ0n) is 40.6. The minimum Gasteiger partial charge on any atom is -0.480 e. The first-order chi connectivity index (χ1) is 32.7. The monoisotopic (exact) mass is 1190 g/mol. The van der Waals surface area contributed by atoms with Crippen molar-refractivity contribution < 1.29 is 41.8 Å². The third-order valence-corrected chi connectivity index (χ3v) is 17.2. The molecule has 13 nitrogen and oxygen atoms in total. The Bertz CT molecular complexity index is 2610. The number of allylic oxidation sites excluding steroid dienone is 8. The number of hydrogen-bond donors (Lipinski definition) is 2. The van der Waals surface area contributed by atoms with Gasteiger partial charge in [0.25, 0.3) is 10.1 Å². The van der Waals surface area contributed by atoms with Crippen molar-refractivity contribution in [1.29, 1.82) is 0 Å². The molecule has 5 aliphatic rings. The number of aryl methyl sites for hydroxylation is 1. The van der Waals surface area contributed by atoms with Gasteiger partial charge in [-0.25, -0.2) is 4.79 Å². The van der Waals surface area contributed by atoms with E-state index in [2.05, 4.69) is 144 Å². The maximum absolute atomic E-state index is 14.0. The van der Waals surface area contributed by atoms with E-state index in [4.69, 9.17) is 0 Å². The molecule has 0 aromatic heterocycles. The van der Waals surface area contributed by atoms with Gasteiger partial charge in [-0.1, -0.05) is 62.3 Å². The Hall–Kier alpha value is -3.88. The second-order valence-corrected chi connectivity index (χ2v) is 24.0. The minimum absolute atomic E-state index is 0.0567. The van der Waals surface area contributed by atoms with Crippen molar-refractivity contribution in [3.8, 4) is 0 Å². The Labute approximate surface area is 435 Å². The molecule has 372 valence electrons. The normalized spacial score (nSPS) is 24.1. The molecule has 0 aliphatic carbocycles. The number of hydrogen-bond acceptors (Lipinski definition) is 7. The molecule has 3 amide bonds. The molecule has 3 saturated heterocycles. The van der Waals surface area contributed by atoms with Gasteiger partial charge in [0.15, 0.2) is 5.71 Å². The van der Waals surface area contributed by atoms with Crippen LogP contribution < -0.4 is 4.90 Å². The first-order valence-electron chi connectivity index (χ1n) is 24.5. The van der Waals surface area contributed by atoms with Crippen LogP contribution in [0.25, 0.3) is 0 Å². The van der Waals surface area contributed by atoms with Gasteiger partial charge >= 0.3 is 5.97 Å². The van der Waals surface area contributed by atoms with Gasteiger partial charge < -0.3 is 24.7 Å². The lowest BCUT2D eigenvalue weighted by Gasteiger charge is -2.33. The van der Waals surface area contributed by atoms with Crippen LogP contribution >= 0.6 is 45.2 Å². The van der Waals surface area contributed by atoms with Gasteiger partial charge in [-0.3, -0.25) is 18.9 Å². The SMILES string of the molecule is Cc1ccc2c(c1)C(C)(CCCCS(=O)(=O)O)C(/C=C/C=C/C=C/C=C1\N(C)c3cc(I)cc(I)c3C1(C)C)=[N+]2CCCCCC(=O)N1CCCC1C(=O)N1CCCC1C(=O)N1CCCC1C(=O)O. The van der Waals surface area contributed by atoms with E-state index >= 15 is 0 Å². The average molecular weight is 1190 g/mol. The van der Waals surface area contributed by atoms with E-state index in [0.717, 1.165) is 29.8 Å². The number of likely N-dealkylation sites (tertiary alicyclic amines) is 3. The van der Waals surface area contributed by atoms with E-state index in [1.165, 1.54) is 34.6 Å². The highest BCUT2D eigenvalue weighted by atomic mass is 127. The number of nitrogens with zero attached hydrogens (tertiary/aromatic N) is 5. The molecule has 7 rings (SSSR count). The van der Waals surface area contributed by atoms with Gasteiger partial charge in [0, 0.05) is 86.7 Å². The highest BCUT2D eigenvalue weighted by molar-refractivity contribution is 14.1. The number of amides is 3. The van der Waals surface area contributed by atoms with Crippen LogP contribution in [0.1, 0.15) is 121 Å².